The molecule has 4 aromatic rings. The first-order chi connectivity index (χ1) is 14.3. The van der Waals surface area contributed by atoms with E-state index < -0.39 is 0 Å². The van der Waals surface area contributed by atoms with Gasteiger partial charge in [-0.2, -0.15) is 5.10 Å². The molecule has 7 nitrogen and oxygen atoms in total. The number of rotatable bonds is 4. The molecule has 0 aliphatic heterocycles. The number of hydrogen-bond donors (Lipinski definition) is 2. The molecule has 3 heterocycles. The molecule has 0 spiro atoms. The van der Waals surface area contributed by atoms with Gasteiger partial charge >= 0.3 is 0 Å². The molecule has 1 fully saturated rings. The van der Waals surface area contributed by atoms with Crippen LogP contribution >= 0.6 is 0 Å². The van der Waals surface area contributed by atoms with Gasteiger partial charge in [0.05, 0.1) is 35.2 Å². The fraction of sp³-hybridized carbons (Fsp3) is 0.273. The number of fused-ring (bicyclic) bond motifs is 1. The Hall–Kier alpha value is -3.48. The first-order valence-electron chi connectivity index (χ1n) is 9.95. The van der Waals surface area contributed by atoms with Crippen LogP contribution in [0.15, 0.2) is 61.4 Å². The fourth-order valence-corrected chi connectivity index (χ4v) is 4.14. The molecule has 1 aliphatic rings. The average Bonchev–Trinajstić information content (AvgIpc) is 3.44. The molecule has 29 heavy (non-hydrogen) atoms. The van der Waals surface area contributed by atoms with Crippen molar-refractivity contribution < 1.29 is 4.79 Å². The van der Waals surface area contributed by atoms with Crippen molar-refractivity contribution in [2.24, 2.45) is 0 Å². The number of carbonyl (C=O) groups excluding carboxylic acids is 1. The maximum absolute atomic E-state index is 12.8. The molecule has 0 unspecified atom stereocenters. The standard InChI is InChI=1S/C22H22N6O/c29-22(19-3-1-2-15-8-9-25-21(15)19)27-17-4-6-18(7-5-17)28-14-16(12-26-28)20-13-23-10-11-24-20/h1-3,8-14,17-18,25H,4-7H2,(H,27,29). The number of amides is 1. The van der Waals surface area contributed by atoms with Crippen molar-refractivity contribution in [3.05, 3.63) is 67.0 Å². The van der Waals surface area contributed by atoms with Crippen LogP contribution in [-0.2, 0) is 0 Å². The molecule has 3 aromatic heterocycles. The minimum atomic E-state index is -0.00877. The molecule has 146 valence electrons. The van der Waals surface area contributed by atoms with E-state index in [4.69, 9.17) is 0 Å². The number of H-pyrrole nitrogens is 1. The predicted octanol–water partition coefficient (Wildman–Crippen LogP) is 3.74. The third kappa shape index (κ3) is 3.51. The van der Waals surface area contributed by atoms with Crippen molar-refractivity contribution in [2.75, 3.05) is 0 Å². The molecule has 1 amide bonds. The van der Waals surface area contributed by atoms with E-state index in [-0.39, 0.29) is 11.9 Å². The molecule has 0 bridgehead atoms. The van der Waals surface area contributed by atoms with Crippen molar-refractivity contribution >= 4 is 16.8 Å². The molecular formula is C22H22N6O. The highest BCUT2D eigenvalue weighted by Crippen LogP contribution is 2.29. The van der Waals surface area contributed by atoms with Crippen LogP contribution in [0.25, 0.3) is 22.2 Å². The van der Waals surface area contributed by atoms with Crippen molar-refractivity contribution in [1.29, 1.82) is 0 Å². The molecule has 0 saturated heterocycles. The van der Waals surface area contributed by atoms with E-state index in [1.54, 1.807) is 18.6 Å². The van der Waals surface area contributed by atoms with Gasteiger partial charge in [0.25, 0.3) is 5.91 Å². The fourth-order valence-electron chi connectivity index (χ4n) is 4.14. The Morgan fingerprint density at radius 3 is 2.83 bits per heavy atom. The van der Waals surface area contributed by atoms with Crippen LogP contribution in [0.2, 0.25) is 0 Å². The normalized spacial score (nSPS) is 19.3. The maximum atomic E-state index is 12.8. The van der Waals surface area contributed by atoms with E-state index in [0.717, 1.165) is 47.8 Å². The minimum absolute atomic E-state index is 0.00877. The first-order valence-corrected chi connectivity index (χ1v) is 9.95. The second kappa shape index (κ2) is 7.50. The van der Waals surface area contributed by atoms with E-state index in [2.05, 4.69) is 25.4 Å². The molecule has 0 atom stereocenters. The summed E-state index contributed by atoms with van der Waals surface area (Å²) in [5.74, 6) is -0.00877. The monoisotopic (exact) mass is 386 g/mol. The van der Waals surface area contributed by atoms with Crippen molar-refractivity contribution in [1.82, 2.24) is 30.0 Å². The van der Waals surface area contributed by atoms with Gasteiger partial charge in [0, 0.05) is 41.8 Å². The topological polar surface area (TPSA) is 88.5 Å². The summed E-state index contributed by atoms with van der Waals surface area (Å²) in [6, 6.07) is 8.33. The Labute approximate surface area is 168 Å². The van der Waals surface area contributed by atoms with Gasteiger partial charge in [-0.25, -0.2) is 0 Å². The van der Waals surface area contributed by atoms with Crippen molar-refractivity contribution in [3.8, 4) is 11.3 Å². The summed E-state index contributed by atoms with van der Waals surface area (Å²) in [5, 5.41) is 8.80. The van der Waals surface area contributed by atoms with Crippen LogP contribution in [0.3, 0.4) is 0 Å². The van der Waals surface area contributed by atoms with Gasteiger partial charge in [0.1, 0.15) is 0 Å². The molecule has 1 aromatic carbocycles. The van der Waals surface area contributed by atoms with Crippen LogP contribution in [0.5, 0.6) is 0 Å². The zero-order chi connectivity index (χ0) is 19.6. The highest BCUT2D eigenvalue weighted by Gasteiger charge is 2.25. The van der Waals surface area contributed by atoms with Gasteiger partial charge < -0.3 is 10.3 Å². The Morgan fingerprint density at radius 1 is 1.10 bits per heavy atom. The average molecular weight is 386 g/mol. The summed E-state index contributed by atoms with van der Waals surface area (Å²) in [7, 11) is 0. The van der Waals surface area contributed by atoms with Gasteiger partial charge in [-0.15, -0.1) is 0 Å². The third-order valence-electron chi connectivity index (χ3n) is 5.70. The van der Waals surface area contributed by atoms with Crippen LogP contribution in [-0.4, -0.2) is 36.7 Å². The molecule has 5 rings (SSSR count). The largest absolute Gasteiger partial charge is 0.361 e. The number of hydrogen-bond acceptors (Lipinski definition) is 4. The van der Waals surface area contributed by atoms with Crippen LogP contribution < -0.4 is 5.32 Å². The van der Waals surface area contributed by atoms with Gasteiger partial charge in [0.15, 0.2) is 0 Å². The summed E-state index contributed by atoms with van der Waals surface area (Å²) < 4.78 is 2.03. The number of benzene rings is 1. The minimum Gasteiger partial charge on any atom is -0.361 e. The summed E-state index contributed by atoms with van der Waals surface area (Å²) in [6.07, 6.45) is 14.7. The molecule has 1 aliphatic carbocycles. The van der Waals surface area contributed by atoms with E-state index >= 15 is 0 Å². The third-order valence-corrected chi connectivity index (χ3v) is 5.70. The van der Waals surface area contributed by atoms with Crippen molar-refractivity contribution in [2.45, 2.75) is 37.8 Å². The maximum Gasteiger partial charge on any atom is 0.253 e. The van der Waals surface area contributed by atoms with Crippen molar-refractivity contribution in [3.63, 3.8) is 0 Å². The number of carbonyl (C=O) groups is 1. The van der Waals surface area contributed by atoms with E-state index in [9.17, 15) is 4.79 Å². The van der Waals surface area contributed by atoms with E-state index in [1.807, 2.05) is 47.5 Å². The zero-order valence-electron chi connectivity index (χ0n) is 16.0. The van der Waals surface area contributed by atoms with Gasteiger partial charge in [-0.1, -0.05) is 12.1 Å². The lowest BCUT2D eigenvalue weighted by atomic mass is 9.91. The molecular weight excluding hydrogens is 364 g/mol. The van der Waals surface area contributed by atoms with Crippen LogP contribution in [0.4, 0.5) is 0 Å². The van der Waals surface area contributed by atoms with Crippen LogP contribution in [0.1, 0.15) is 42.1 Å². The number of aromatic amines is 1. The number of para-hydroxylation sites is 1. The summed E-state index contributed by atoms with van der Waals surface area (Å²) in [6.45, 7) is 0. The van der Waals surface area contributed by atoms with Gasteiger partial charge in [0.2, 0.25) is 0 Å². The smallest absolute Gasteiger partial charge is 0.253 e. The predicted molar refractivity (Wildman–Crippen MR) is 110 cm³/mol. The second-order valence-electron chi connectivity index (χ2n) is 7.53. The lowest BCUT2D eigenvalue weighted by Crippen LogP contribution is -2.38. The lowest BCUT2D eigenvalue weighted by molar-refractivity contribution is 0.0923. The van der Waals surface area contributed by atoms with E-state index in [0.29, 0.717) is 11.6 Å². The Bertz CT molecular complexity index is 1120. The highest BCUT2D eigenvalue weighted by atomic mass is 16.1. The highest BCUT2D eigenvalue weighted by molar-refractivity contribution is 6.05. The second-order valence-corrected chi connectivity index (χ2v) is 7.53. The van der Waals surface area contributed by atoms with E-state index in [1.165, 1.54) is 0 Å². The molecule has 1 saturated carbocycles. The molecule has 2 N–H and O–H groups in total. The van der Waals surface area contributed by atoms with Crippen LogP contribution in [0, 0.1) is 0 Å². The van der Waals surface area contributed by atoms with Gasteiger partial charge in [-0.3, -0.25) is 19.4 Å². The van der Waals surface area contributed by atoms with Gasteiger partial charge in [-0.05, 0) is 37.8 Å². The molecule has 7 heteroatoms. The first kappa shape index (κ1) is 17.6. The summed E-state index contributed by atoms with van der Waals surface area (Å²) in [4.78, 5) is 24.4. The summed E-state index contributed by atoms with van der Waals surface area (Å²) in [5.41, 5.74) is 3.41. The lowest BCUT2D eigenvalue weighted by Gasteiger charge is -2.29. The Kier molecular flexibility index (Phi) is 4.56. The quantitative estimate of drug-likeness (QED) is 0.559. The zero-order valence-corrected chi connectivity index (χ0v) is 16.0. The number of nitrogens with one attached hydrogen (secondary N) is 2. The number of nitrogens with zero attached hydrogens (tertiary/aromatic N) is 4. The summed E-state index contributed by atoms with van der Waals surface area (Å²) >= 11 is 0. The SMILES string of the molecule is O=C(NC1CCC(n2cc(-c3cnccn3)cn2)CC1)c1cccc2cc[nH]c12. The molecule has 0 radical (unpaired) electrons. The number of aromatic nitrogens is 5. The Morgan fingerprint density at radius 2 is 2.00 bits per heavy atom. The Balaban J connectivity index is 1.21.